The van der Waals surface area contributed by atoms with Crippen LogP contribution in [-0.4, -0.2) is 33.8 Å². The number of carbonyl (C=O) groups is 1. The number of hydrogen-bond donors (Lipinski definition) is 1. The highest BCUT2D eigenvalue weighted by atomic mass is 19.1. The van der Waals surface area contributed by atoms with Crippen LogP contribution in [0.2, 0.25) is 0 Å². The average molecular weight is 473 g/mol. The van der Waals surface area contributed by atoms with Crippen LogP contribution in [0.15, 0.2) is 65.8 Å². The van der Waals surface area contributed by atoms with Gasteiger partial charge in [-0.2, -0.15) is 0 Å². The zero-order valence-corrected chi connectivity index (χ0v) is 19.8. The van der Waals surface area contributed by atoms with E-state index in [1.54, 1.807) is 18.3 Å². The molecule has 5 nitrogen and oxygen atoms in total. The van der Waals surface area contributed by atoms with E-state index in [1.165, 1.54) is 12.1 Å². The van der Waals surface area contributed by atoms with Gasteiger partial charge in [0, 0.05) is 41.1 Å². The van der Waals surface area contributed by atoms with E-state index in [9.17, 15) is 14.3 Å². The van der Waals surface area contributed by atoms with Crippen LogP contribution in [0.3, 0.4) is 0 Å². The molecule has 2 atom stereocenters. The lowest BCUT2D eigenvalue weighted by atomic mass is 9.75. The van der Waals surface area contributed by atoms with E-state index < -0.39 is 5.60 Å². The second kappa shape index (κ2) is 9.70. The number of pyridine rings is 1. The lowest BCUT2D eigenvalue weighted by Crippen LogP contribution is -2.45. The average Bonchev–Trinajstić information content (AvgIpc) is 3.27. The number of halogens is 1. The third-order valence-electron chi connectivity index (χ3n) is 7.06. The van der Waals surface area contributed by atoms with Crippen LogP contribution in [0.25, 0.3) is 0 Å². The molecule has 35 heavy (non-hydrogen) atoms. The number of fused-ring (bicyclic) bond motifs is 1. The number of benzene rings is 2. The van der Waals surface area contributed by atoms with Crippen LogP contribution < -0.4 is 4.74 Å². The predicted molar refractivity (Wildman–Crippen MR) is 133 cm³/mol. The number of Topliss-reactive ketones (excluding diaryl/α,β-unsaturated/α-hetero) is 1. The third kappa shape index (κ3) is 5.03. The van der Waals surface area contributed by atoms with Crippen LogP contribution in [0.5, 0.6) is 5.75 Å². The Labute approximate surface area is 204 Å². The Morgan fingerprint density at radius 2 is 2.09 bits per heavy atom. The van der Waals surface area contributed by atoms with Crippen molar-refractivity contribution in [2.24, 2.45) is 10.9 Å². The van der Waals surface area contributed by atoms with E-state index >= 15 is 0 Å². The number of ether oxygens (including phenoxy) is 1. The van der Waals surface area contributed by atoms with Crippen molar-refractivity contribution in [3.8, 4) is 5.75 Å². The highest BCUT2D eigenvalue weighted by Gasteiger charge is 2.39. The van der Waals surface area contributed by atoms with Gasteiger partial charge in [0.25, 0.3) is 0 Å². The first-order valence-electron chi connectivity index (χ1n) is 12.1. The summed E-state index contributed by atoms with van der Waals surface area (Å²) in [5.41, 5.74) is 4.84. The molecule has 1 aliphatic carbocycles. The molecule has 1 aliphatic heterocycles. The number of aromatic nitrogens is 1. The molecule has 2 aromatic carbocycles. The van der Waals surface area contributed by atoms with Gasteiger partial charge in [0.15, 0.2) is 5.78 Å². The van der Waals surface area contributed by atoms with Crippen LogP contribution >= 0.6 is 0 Å². The maximum atomic E-state index is 13.6. The maximum absolute atomic E-state index is 13.6. The first-order valence-corrected chi connectivity index (χ1v) is 12.1. The van der Waals surface area contributed by atoms with E-state index in [2.05, 4.69) is 4.98 Å². The Hall–Kier alpha value is -3.38. The van der Waals surface area contributed by atoms with Crippen molar-refractivity contribution >= 4 is 11.5 Å². The van der Waals surface area contributed by atoms with Gasteiger partial charge in [0.1, 0.15) is 17.2 Å². The topological polar surface area (TPSA) is 71.8 Å². The molecule has 1 aromatic heterocycles. The lowest BCUT2D eigenvalue weighted by molar-refractivity contribution is -0.0362. The molecule has 0 saturated heterocycles. The maximum Gasteiger partial charge on any atom is 0.163 e. The third-order valence-corrected chi connectivity index (χ3v) is 7.06. The molecular formula is C29H29FN2O3. The van der Waals surface area contributed by atoms with Crippen molar-refractivity contribution in [3.63, 3.8) is 0 Å². The molecule has 2 aliphatic rings. The normalized spacial score (nSPS) is 21.3. The minimum atomic E-state index is -0.798. The second-order valence-electron chi connectivity index (χ2n) is 9.71. The molecular weight excluding hydrogens is 443 g/mol. The minimum Gasteiger partial charge on any atom is -0.485 e. The molecule has 2 unspecified atom stereocenters. The van der Waals surface area contributed by atoms with Gasteiger partial charge in [-0.05, 0) is 74.4 Å². The molecule has 6 heteroatoms. The first-order chi connectivity index (χ1) is 16.9. The molecule has 0 radical (unpaired) electrons. The predicted octanol–water partition coefficient (Wildman–Crippen LogP) is 5.45. The summed E-state index contributed by atoms with van der Waals surface area (Å²) in [5.74, 6) is 0.193. The van der Waals surface area contributed by atoms with Gasteiger partial charge in [-0.25, -0.2) is 4.39 Å². The number of aliphatic hydroxyl groups excluding tert-OH is 1. The van der Waals surface area contributed by atoms with Crippen molar-refractivity contribution < 1.29 is 19.0 Å². The van der Waals surface area contributed by atoms with E-state index in [1.807, 2.05) is 37.3 Å². The number of nitrogens with zero attached hydrogens (tertiary/aromatic N) is 2. The van der Waals surface area contributed by atoms with Crippen molar-refractivity contribution in [1.82, 2.24) is 4.98 Å². The molecule has 2 heterocycles. The fourth-order valence-corrected chi connectivity index (χ4v) is 5.34. The number of aliphatic hydroxyl groups is 1. The van der Waals surface area contributed by atoms with Crippen molar-refractivity contribution in [3.05, 3.63) is 94.6 Å². The Morgan fingerprint density at radius 3 is 2.89 bits per heavy atom. The van der Waals surface area contributed by atoms with Gasteiger partial charge < -0.3 is 9.84 Å². The Morgan fingerprint density at radius 1 is 1.20 bits per heavy atom. The Kier molecular flexibility index (Phi) is 6.48. The van der Waals surface area contributed by atoms with Gasteiger partial charge in [0.2, 0.25) is 0 Å². The molecule has 0 bridgehead atoms. The molecule has 1 N–H and O–H groups in total. The van der Waals surface area contributed by atoms with E-state index in [0.29, 0.717) is 37.1 Å². The van der Waals surface area contributed by atoms with Crippen molar-refractivity contribution in [2.75, 3.05) is 6.61 Å². The zero-order valence-electron chi connectivity index (χ0n) is 19.8. The van der Waals surface area contributed by atoms with Gasteiger partial charge in [-0.15, -0.1) is 0 Å². The molecule has 3 aromatic rings. The molecule has 1 fully saturated rings. The summed E-state index contributed by atoms with van der Waals surface area (Å²) in [6, 6.07) is 15.8. The van der Waals surface area contributed by atoms with Gasteiger partial charge in [-0.1, -0.05) is 18.2 Å². The summed E-state index contributed by atoms with van der Waals surface area (Å²) in [4.78, 5) is 22.3. The van der Waals surface area contributed by atoms with Gasteiger partial charge >= 0.3 is 0 Å². The summed E-state index contributed by atoms with van der Waals surface area (Å²) in [6.07, 6.45) is 5.13. The second-order valence-corrected chi connectivity index (χ2v) is 9.71. The monoisotopic (exact) mass is 472 g/mol. The number of rotatable bonds is 7. The Bertz CT molecular complexity index is 1290. The summed E-state index contributed by atoms with van der Waals surface area (Å²) in [7, 11) is 0. The van der Waals surface area contributed by atoms with Gasteiger partial charge in [-0.3, -0.25) is 14.8 Å². The summed E-state index contributed by atoms with van der Waals surface area (Å²) in [5, 5.41) is 10.2. The van der Waals surface area contributed by atoms with Crippen LogP contribution in [0.1, 0.15) is 64.8 Å². The highest BCUT2D eigenvalue weighted by molar-refractivity contribution is 6.16. The molecule has 5 rings (SSSR count). The largest absolute Gasteiger partial charge is 0.485 e. The number of hydrogen-bond acceptors (Lipinski definition) is 5. The summed E-state index contributed by atoms with van der Waals surface area (Å²) >= 11 is 0. The molecule has 1 saturated carbocycles. The molecule has 0 spiro atoms. The summed E-state index contributed by atoms with van der Waals surface area (Å²) in [6.45, 7) is 2.40. The fraction of sp³-hybridized carbons (Fsp3) is 0.345. The lowest BCUT2D eigenvalue weighted by Gasteiger charge is -2.39. The van der Waals surface area contributed by atoms with Crippen LogP contribution in [-0.2, 0) is 6.54 Å². The zero-order chi connectivity index (χ0) is 24.4. The van der Waals surface area contributed by atoms with E-state index in [-0.39, 0.29) is 24.1 Å². The standard InChI is InChI=1S/C29H29FN2O3/c1-19-12-22(9-11-31-19)28-26-14-21(7-8-23(26)17-32-28)27(34)13-20-4-3-10-29(16-20,18-33)35-25-6-2-5-24(30)15-25/h2,5-9,11-12,14-15,20,33H,3-4,10,13,16-18H2,1H3. The van der Waals surface area contributed by atoms with E-state index in [0.717, 1.165) is 40.9 Å². The number of carbonyl (C=O) groups excluding carboxylic acids is 1. The quantitative estimate of drug-likeness (QED) is 0.464. The first kappa shape index (κ1) is 23.4. The summed E-state index contributed by atoms with van der Waals surface area (Å²) < 4.78 is 19.7. The van der Waals surface area contributed by atoms with Crippen LogP contribution in [0, 0.1) is 18.7 Å². The SMILES string of the molecule is Cc1cc(C2=NCc3ccc(C(=O)CC4CCCC(CO)(Oc5cccc(F)c5)C4)cc32)ccn1. The van der Waals surface area contributed by atoms with Crippen molar-refractivity contribution in [1.29, 1.82) is 0 Å². The van der Waals surface area contributed by atoms with Crippen molar-refractivity contribution in [2.45, 2.75) is 51.2 Å². The molecule has 0 amide bonds. The number of aryl methyl sites for hydroxylation is 1. The minimum absolute atomic E-state index is 0.0782. The fourth-order valence-electron chi connectivity index (χ4n) is 5.34. The van der Waals surface area contributed by atoms with Crippen LogP contribution in [0.4, 0.5) is 4.39 Å². The highest BCUT2D eigenvalue weighted by Crippen LogP contribution is 2.38. The van der Waals surface area contributed by atoms with E-state index in [4.69, 9.17) is 9.73 Å². The van der Waals surface area contributed by atoms with Gasteiger partial charge in [0.05, 0.1) is 18.9 Å². The Balaban J connectivity index is 1.31. The molecule has 180 valence electrons. The smallest absolute Gasteiger partial charge is 0.163 e. The number of aliphatic imine (C=N–C) groups is 1. The number of ketones is 1.